The maximum absolute atomic E-state index is 12.1. The summed E-state index contributed by atoms with van der Waals surface area (Å²) in [4.78, 5) is 16.2. The highest BCUT2D eigenvalue weighted by molar-refractivity contribution is 5.99. The van der Waals surface area contributed by atoms with Crippen LogP contribution in [0.3, 0.4) is 0 Å². The molecule has 1 heterocycles. The maximum atomic E-state index is 12.1. The van der Waals surface area contributed by atoms with Crippen LogP contribution in [0.15, 0.2) is 18.5 Å². The first-order valence-electron chi connectivity index (χ1n) is 6.64. The zero-order valence-electron chi connectivity index (χ0n) is 11.9. The lowest BCUT2D eigenvalue weighted by atomic mass is 10.1. The SMILES string of the molecule is CCCNc1cnccc1C(=O)NCC(C)COC. The van der Waals surface area contributed by atoms with E-state index in [1.54, 1.807) is 25.6 Å². The minimum absolute atomic E-state index is 0.0797. The predicted octanol–water partition coefficient (Wildman–Crippen LogP) is 1.92. The van der Waals surface area contributed by atoms with Crippen LogP contribution in [0.25, 0.3) is 0 Å². The van der Waals surface area contributed by atoms with Gasteiger partial charge in [-0.25, -0.2) is 0 Å². The fourth-order valence-electron chi connectivity index (χ4n) is 1.70. The number of ether oxygens (including phenoxy) is 1. The number of nitrogens with zero attached hydrogens (tertiary/aromatic N) is 1. The van der Waals surface area contributed by atoms with Crippen LogP contribution >= 0.6 is 0 Å². The molecule has 1 rings (SSSR count). The largest absolute Gasteiger partial charge is 0.384 e. The molecule has 0 aliphatic carbocycles. The van der Waals surface area contributed by atoms with Crippen LogP contribution in [0, 0.1) is 5.92 Å². The molecule has 0 aromatic carbocycles. The molecule has 1 unspecified atom stereocenters. The quantitative estimate of drug-likeness (QED) is 0.753. The van der Waals surface area contributed by atoms with Gasteiger partial charge in [0.15, 0.2) is 0 Å². The van der Waals surface area contributed by atoms with Crippen LogP contribution in [0.1, 0.15) is 30.6 Å². The van der Waals surface area contributed by atoms with Crippen LogP contribution in [0.5, 0.6) is 0 Å². The van der Waals surface area contributed by atoms with Gasteiger partial charge in [0.2, 0.25) is 0 Å². The Bertz CT molecular complexity index is 396. The van der Waals surface area contributed by atoms with E-state index in [2.05, 4.69) is 22.5 Å². The van der Waals surface area contributed by atoms with Crippen LogP contribution < -0.4 is 10.6 Å². The number of aromatic nitrogens is 1. The van der Waals surface area contributed by atoms with Gasteiger partial charge < -0.3 is 15.4 Å². The number of carbonyl (C=O) groups excluding carboxylic acids is 1. The molecule has 0 bridgehead atoms. The third-order valence-corrected chi connectivity index (χ3v) is 2.69. The third-order valence-electron chi connectivity index (χ3n) is 2.69. The molecule has 5 nitrogen and oxygen atoms in total. The van der Waals surface area contributed by atoms with E-state index >= 15 is 0 Å². The molecular weight excluding hydrogens is 242 g/mol. The minimum atomic E-state index is -0.0797. The van der Waals surface area contributed by atoms with Crippen molar-refractivity contribution in [3.63, 3.8) is 0 Å². The number of carbonyl (C=O) groups is 1. The van der Waals surface area contributed by atoms with Crippen LogP contribution in [-0.2, 0) is 4.74 Å². The van der Waals surface area contributed by atoms with Crippen LogP contribution in [0.2, 0.25) is 0 Å². The monoisotopic (exact) mass is 265 g/mol. The van der Waals surface area contributed by atoms with Crippen molar-refractivity contribution < 1.29 is 9.53 Å². The molecular formula is C14H23N3O2. The number of hydrogen-bond acceptors (Lipinski definition) is 4. The fourth-order valence-corrected chi connectivity index (χ4v) is 1.70. The summed E-state index contributed by atoms with van der Waals surface area (Å²) in [6.45, 7) is 6.17. The smallest absolute Gasteiger partial charge is 0.253 e. The van der Waals surface area contributed by atoms with Gasteiger partial charge in [-0.1, -0.05) is 13.8 Å². The molecule has 1 amide bonds. The van der Waals surface area contributed by atoms with Gasteiger partial charge in [-0.2, -0.15) is 0 Å². The third kappa shape index (κ3) is 5.26. The summed E-state index contributed by atoms with van der Waals surface area (Å²) < 4.78 is 5.04. The van der Waals surface area contributed by atoms with Gasteiger partial charge in [0.1, 0.15) is 0 Å². The highest BCUT2D eigenvalue weighted by atomic mass is 16.5. The summed E-state index contributed by atoms with van der Waals surface area (Å²) in [5, 5.41) is 6.12. The molecule has 106 valence electrons. The number of pyridine rings is 1. The lowest BCUT2D eigenvalue weighted by molar-refractivity contribution is 0.0935. The van der Waals surface area contributed by atoms with Crippen molar-refractivity contribution in [2.75, 3.05) is 32.1 Å². The second-order valence-corrected chi connectivity index (χ2v) is 4.62. The molecule has 1 aromatic rings. The minimum Gasteiger partial charge on any atom is -0.384 e. The Balaban J connectivity index is 2.60. The number of hydrogen-bond donors (Lipinski definition) is 2. The van der Waals surface area contributed by atoms with Gasteiger partial charge in [0.25, 0.3) is 5.91 Å². The summed E-state index contributed by atoms with van der Waals surface area (Å²) in [6.07, 6.45) is 4.31. The van der Waals surface area contributed by atoms with Crippen molar-refractivity contribution in [2.24, 2.45) is 5.92 Å². The second kappa shape index (κ2) is 8.48. The first-order chi connectivity index (χ1) is 9.19. The molecule has 0 spiro atoms. The zero-order chi connectivity index (χ0) is 14.1. The first-order valence-corrected chi connectivity index (χ1v) is 6.64. The summed E-state index contributed by atoms with van der Waals surface area (Å²) in [7, 11) is 1.66. The topological polar surface area (TPSA) is 63.2 Å². The van der Waals surface area contributed by atoms with E-state index in [9.17, 15) is 4.79 Å². The predicted molar refractivity (Wildman–Crippen MR) is 76.4 cm³/mol. The maximum Gasteiger partial charge on any atom is 0.253 e. The van der Waals surface area contributed by atoms with Crippen LogP contribution in [0.4, 0.5) is 5.69 Å². The van der Waals surface area contributed by atoms with Gasteiger partial charge in [-0.05, 0) is 18.4 Å². The van der Waals surface area contributed by atoms with E-state index < -0.39 is 0 Å². The Morgan fingerprint density at radius 3 is 3.00 bits per heavy atom. The first kappa shape index (κ1) is 15.4. The van der Waals surface area contributed by atoms with Crippen molar-refractivity contribution in [1.29, 1.82) is 0 Å². The lowest BCUT2D eigenvalue weighted by Gasteiger charge is -2.14. The van der Waals surface area contributed by atoms with Gasteiger partial charge >= 0.3 is 0 Å². The van der Waals surface area contributed by atoms with Crippen molar-refractivity contribution in [1.82, 2.24) is 10.3 Å². The van der Waals surface area contributed by atoms with Crippen molar-refractivity contribution in [3.05, 3.63) is 24.0 Å². The second-order valence-electron chi connectivity index (χ2n) is 4.62. The van der Waals surface area contributed by atoms with Gasteiger partial charge in [0, 0.05) is 26.4 Å². The van der Waals surface area contributed by atoms with Gasteiger partial charge in [-0.3, -0.25) is 9.78 Å². The van der Waals surface area contributed by atoms with E-state index in [1.807, 2.05) is 6.92 Å². The van der Waals surface area contributed by atoms with Gasteiger partial charge in [0.05, 0.1) is 24.1 Å². The molecule has 0 aliphatic rings. The molecule has 0 saturated heterocycles. The molecule has 1 atom stereocenters. The Morgan fingerprint density at radius 1 is 1.53 bits per heavy atom. The summed E-state index contributed by atoms with van der Waals surface area (Å²) in [5.74, 6) is 0.215. The molecule has 2 N–H and O–H groups in total. The highest BCUT2D eigenvalue weighted by Gasteiger charge is 2.12. The molecule has 19 heavy (non-hydrogen) atoms. The molecule has 0 radical (unpaired) electrons. The van der Waals surface area contributed by atoms with E-state index in [0.717, 1.165) is 18.7 Å². The fraction of sp³-hybridized carbons (Fsp3) is 0.571. The number of amides is 1. The van der Waals surface area contributed by atoms with E-state index in [4.69, 9.17) is 4.74 Å². The Hall–Kier alpha value is -1.62. The standard InChI is InChI=1S/C14H23N3O2/c1-4-6-16-13-9-15-7-5-12(13)14(18)17-8-11(2)10-19-3/h5,7,9,11,16H,4,6,8,10H2,1-3H3,(H,17,18). The zero-order valence-corrected chi connectivity index (χ0v) is 11.9. The van der Waals surface area contributed by atoms with Crippen molar-refractivity contribution in [2.45, 2.75) is 20.3 Å². The number of methoxy groups -OCH3 is 1. The average Bonchev–Trinajstić information content (AvgIpc) is 2.43. The van der Waals surface area contributed by atoms with Gasteiger partial charge in [-0.15, -0.1) is 0 Å². The molecule has 5 heteroatoms. The molecule has 0 fully saturated rings. The highest BCUT2D eigenvalue weighted by Crippen LogP contribution is 2.13. The average molecular weight is 265 g/mol. The summed E-state index contributed by atoms with van der Waals surface area (Å²) >= 11 is 0. The number of anilines is 1. The Kier molecular flexibility index (Phi) is 6.89. The van der Waals surface area contributed by atoms with Crippen LogP contribution in [-0.4, -0.2) is 37.7 Å². The van der Waals surface area contributed by atoms with E-state index in [1.165, 1.54) is 0 Å². The van der Waals surface area contributed by atoms with E-state index in [0.29, 0.717) is 24.6 Å². The van der Waals surface area contributed by atoms with E-state index in [-0.39, 0.29) is 5.91 Å². The molecule has 0 aliphatic heterocycles. The molecule has 0 saturated carbocycles. The Morgan fingerprint density at radius 2 is 2.32 bits per heavy atom. The number of nitrogens with one attached hydrogen (secondary N) is 2. The lowest BCUT2D eigenvalue weighted by Crippen LogP contribution is -2.30. The Labute approximate surface area is 114 Å². The number of rotatable bonds is 8. The molecule has 1 aromatic heterocycles. The normalized spacial score (nSPS) is 11.9. The summed E-state index contributed by atoms with van der Waals surface area (Å²) in [6, 6.07) is 1.73. The summed E-state index contributed by atoms with van der Waals surface area (Å²) in [5.41, 5.74) is 1.41. The van der Waals surface area contributed by atoms with Crippen molar-refractivity contribution >= 4 is 11.6 Å². The van der Waals surface area contributed by atoms with Crippen molar-refractivity contribution in [3.8, 4) is 0 Å².